The number of anilines is 2. The minimum Gasteiger partial charge on any atom is -0.456 e. The van der Waals surface area contributed by atoms with Crippen LogP contribution in [0.2, 0.25) is 0 Å². The van der Waals surface area contributed by atoms with E-state index in [2.05, 4.69) is 115 Å². The molecule has 0 spiro atoms. The molecule has 41 heavy (non-hydrogen) atoms. The fraction of sp³-hybridized carbons (Fsp3) is 0.0270. The molecule has 0 bridgehead atoms. The molecular weight excluding hydrogens is 520 g/mol. The first-order chi connectivity index (χ1) is 20.3. The van der Waals surface area contributed by atoms with Crippen LogP contribution in [0.3, 0.4) is 0 Å². The van der Waals surface area contributed by atoms with Gasteiger partial charge in [-0.25, -0.2) is 0 Å². The van der Waals surface area contributed by atoms with Crippen LogP contribution in [0.4, 0.5) is 11.4 Å². The molecule has 0 radical (unpaired) electrons. The Hall–Kier alpha value is -4.90. The Kier molecular flexibility index (Phi) is 5.62. The van der Waals surface area contributed by atoms with Gasteiger partial charge in [-0.15, -0.1) is 11.3 Å². The van der Waals surface area contributed by atoms with Gasteiger partial charge in [0, 0.05) is 44.0 Å². The first kappa shape index (κ1) is 23.9. The Bertz CT molecular complexity index is 2230. The number of furan rings is 1. The van der Waals surface area contributed by atoms with Crippen molar-refractivity contribution in [1.82, 2.24) is 0 Å². The van der Waals surface area contributed by atoms with Crippen LogP contribution in [0.1, 0.15) is 5.56 Å². The highest BCUT2D eigenvalue weighted by Crippen LogP contribution is 2.43. The van der Waals surface area contributed by atoms with E-state index in [-0.39, 0.29) is 0 Å². The van der Waals surface area contributed by atoms with Gasteiger partial charge in [-0.2, -0.15) is 0 Å². The van der Waals surface area contributed by atoms with Crippen molar-refractivity contribution in [1.29, 1.82) is 0 Å². The maximum atomic E-state index is 6.25. The highest BCUT2D eigenvalue weighted by Gasteiger charge is 2.17. The summed E-state index contributed by atoms with van der Waals surface area (Å²) in [5, 5.41) is 8.53. The molecule has 0 aliphatic heterocycles. The molecule has 0 fully saturated rings. The van der Waals surface area contributed by atoms with Crippen LogP contribution < -0.4 is 11.1 Å². The fourth-order valence-electron chi connectivity index (χ4n) is 6.02. The zero-order chi connectivity index (χ0) is 27.3. The van der Waals surface area contributed by atoms with E-state index in [0.29, 0.717) is 6.54 Å². The third kappa shape index (κ3) is 3.92. The van der Waals surface area contributed by atoms with Crippen molar-refractivity contribution in [3.63, 3.8) is 0 Å². The van der Waals surface area contributed by atoms with Crippen molar-refractivity contribution in [2.24, 2.45) is 5.73 Å². The summed E-state index contributed by atoms with van der Waals surface area (Å²) in [6.07, 6.45) is 0. The van der Waals surface area contributed by atoms with Crippen LogP contribution in [-0.4, -0.2) is 0 Å². The highest BCUT2D eigenvalue weighted by atomic mass is 32.1. The zero-order valence-corrected chi connectivity index (χ0v) is 23.0. The van der Waals surface area contributed by atoms with Crippen molar-refractivity contribution in [3.05, 3.63) is 133 Å². The number of nitrogens with one attached hydrogen (secondary N) is 1. The van der Waals surface area contributed by atoms with Gasteiger partial charge in [0.25, 0.3) is 0 Å². The highest BCUT2D eigenvalue weighted by molar-refractivity contribution is 7.26. The molecule has 3 N–H and O–H groups in total. The van der Waals surface area contributed by atoms with E-state index in [0.717, 1.165) is 44.4 Å². The molecule has 2 heterocycles. The Labute approximate surface area is 241 Å². The summed E-state index contributed by atoms with van der Waals surface area (Å²) in [5.74, 6) is 0. The standard InChI is InChI=1S/C37H26N2OS/c38-22-25-11-6-17-32-35(25)36-27(13-8-18-33(36)40-32)24-19-20-28-29-14-7-16-31(37(29)41-34(28)21-24)39-30-15-5-4-12-26(30)23-9-2-1-3-10-23/h1-21,39H,22,38H2. The van der Waals surface area contributed by atoms with Gasteiger partial charge in [0.15, 0.2) is 0 Å². The van der Waals surface area contributed by atoms with E-state index < -0.39 is 0 Å². The third-order valence-electron chi connectivity index (χ3n) is 7.92. The van der Waals surface area contributed by atoms with Gasteiger partial charge in [0.05, 0.1) is 10.4 Å². The van der Waals surface area contributed by atoms with Crippen molar-refractivity contribution in [2.75, 3.05) is 5.32 Å². The number of benzene rings is 6. The van der Waals surface area contributed by atoms with E-state index in [1.54, 1.807) is 0 Å². The smallest absolute Gasteiger partial charge is 0.136 e. The van der Waals surface area contributed by atoms with Gasteiger partial charge in [-0.3, -0.25) is 0 Å². The Morgan fingerprint density at radius 2 is 1.32 bits per heavy atom. The molecule has 0 saturated heterocycles. The van der Waals surface area contributed by atoms with Gasteiger partial charge >= 0.3 is 0 Å². The topological polar surface area (TPSA) is 51.2 Å². The number of fused-ring (bicyclic) bond motifs is 6. The normalized spacial score (nSPS) is 11.6. The molecule has 4 heteroatoms. The molecule has 6 aromatic carbocycles. The van der Waals surface area contributed by atoms with Crippen molar-refractivity contribution >= 4 is 64.8 Å². The minimum atomic E-state index is 0.471. The molecule has 0 aliphatic carbocycles. The fourth-order valence-corrected chi connectivity index (χ4v) is 7.23. The Balaban J connectivity index is 1.27. The van der Waals surface area contributed by atoms with Crippen molar-refractivity contribution in [3.8, 4) is 22.3 Å². The van der Waals surface area contributed by atoms with Crippen LogP contribution in [-0.2, 0) is 6.54 Å². The third-order valence-corrected chi connectivity index (χ3v) is 9.12. The van der Waals surface area contributed by atoms with E-state index in [1.807, 2.05) is 29.5 Å². The van der Waals surface area contributed by atoms with Gasteiger partial charge < -0.3 is 15.5 Å². The predicted octanol–water partition coefficient (Wildman–Crippen LogP) is 10.5. The van der Waals surface area contributed by atoms with Crippen molar-refractivity contribution in [2.45, 2.75) is 6.54 Å². The van der Waals surface area contributed by atoms with Gasteiger partial charge in [0.1, 0.15) is 11.2 Å². The minimum absolute atomic E-state index is 0.471. The molecule has 0 amide bonds. The molecule has 196 valence electrons. The monoisotopic (exact) mass is 546 g/mol. The molecule has 0 unspecified atom stereocenters. The maximum absolute atomic E-state index is 6.25. The van der Waals surface area contributed by atoms with Crippen LogP contribution in [0, 0.1) is 0 Å². The SMILES string of the molecule is NCc1cccc2oc3cccc(-c4ccc5c(c4)sc4c(Nc6ccccc6-c6ccccc6)cccc45)c3c12. The zero-order valence-electron chi connectivity index (χ0n) is 22.2. The lowest BCUT2D eigenvalue weighted by atomic mass is 9.96. The van der Waals surface area contributed by atoms with E-state index >= 15 is 0 Å². The largest absolute Gasteiger partial charge is 0.456 e. The summed E-state index contributed by atoms with van der Waals surface area (Å²) in [7, 11) is 0. The van der Waals surface area contributed by atoms with Crippen molar-refractivity contribution < 1.29 is 4.42 Å². The second kappa shape index (κ2) is 9.63. The maximum Gasteiger partial charge on any atom is 0.136 e. The van der Waals surface area contributed by atoms with Crippen LogP contribution in [0.5, 0.6) is 0 Å². The number of para-hydroxylation sites is 1. The number of hydrogen-bond acceptors (Lipinski definition) is 4. The van der Waals surface area contributed by atoms with Crippen LogP contribution in [0.25, 0.3) is 64.4 Å². The first-order valence-corrected chi connectivity index (χ1v) is 14.6. The number of rotatable bonds is 5. The summed E-state index contributed by atoms with van der Waals surface area (Å²) >= 11 is 1.83. The van der Waals surface area contributed by atoms with Gasteiger partial charge in [-0.1, -0.05) is 97.1 Å². The number of thiophene rings is 1. The Morgan fingerprint density at radius 1 is 0.585 bits per heavy atom. The van der Waals surface area contributed by atoms with Gasteiger partial charge in [0.2, 0.25) is 0 Å². The van der Waals surface area contributed by atoms with Crippen LogP contribution in [0.15, 0.2) is 132 Å². The molecule has 0 saturated carbocycles. The number of hydrogen-bond donors (Lipinski definition) is 2. The Morgan fingerprint density at radius 3 is 2.20 bits per heavy atom. The van der Waals surface area contributed by atoms with Crippen LogP contribution >= 0.6 is 11.3 Å². The molecule has 0 aliphatic rings. The quantitative estimate of drug-likeness (QED) is 0.226. The van der Waals surface area contributed by atoms with E-state index in [9.17, 15) is 0 Å². The number of nitrogens with two attached hydrogens (primary N) is 1. The average Bonchev–Trinajstić information content (AvgIpc) is 3.60. The van der Waals surface area contributed by atoms with Gasteiger partial charge in [-0.05, 0) is 52.6 Å². The molecule has 2 aromatic heterocycles. The lowest BCUT2D eigenvalue weighted by molar-refractivity contribution is 0.668. The molecule has 0 atom stereocenters. The summed E-state index contributed by atoms with van der Waals surface area (Å²) in [6.45, 7) is 0.471. The van der Waals surface area contributed by atoms with E-state index in [4.69, 9.17) is 10.2 Å². The molecule has 8 rings (SSSR count). The summed E-state index contributed by atoms with van der Waals surface area (Å²) in [5.41, 5.74) is 15.9. The molecular formula is C37H26N2OS. The average molecular weight is 547 g/mol. The first-order valence-electron chi connectivity index (χ1n) is 13.8. The predicted molar refractivity (Wildman–Crippen MR) is 175 cm³/mol. The summed E-state index contributed by atoms with van der Waals surface area (Å²) in [4.78, 5) is 0. The molecule has 3 nitrogen and oxygen atoms in total. The van der Waals surface area contributed by atoms with E-state index in [1.165, 1.54) is 36.9 Å². The lowest BCUT2D eigenvalue weighted by Gasteiger charge is -2.13. The summed E-state index contributed by atoms with van der Waals surface area (Å²) < 4.78 is 8.75. The second-order valence-corrected chi connectivity index (χ2v) is 11.4. The molecule has 8 aromatic rings. The summed E-state index contributed by atoms with van der Waals surface area (Å²) in [6, 6.07) is 44.8. The lowest BCUT2D eigenvalue weighted by Crippen LogP contribution is -1.96. The second-order valence-electron chi connectivity index (χ2n) is 10.3.